The number of hydrogen-bond acceptors (Lipinski definition) is 4. The standard InChI is InChI=1S/C20H22O4/c1-22-16-10-7-14(8-11-16)20(21)15-9-12-18(23-2)19(13-15)24-17-5-3-4-6-17/h7-13,17H,3-6H2,1-2H3. The molecule has 1 fully saturated rings. The molecule has 0 N–H and O–H groups in total. The molecule has 0 spiro atoms. The summed E-state index contributed by atoms with van der Waals surface area (Å²) in [6.45, 7) is 0. The van der Waals surface area contributed by atoms with Crippen LogP contribution in [0.5, 0.6) is 17.2 Å². The molecule has 126 valence electrons. The van der Waals surface area contributed by atoms with Gasteiger partial charge in [0.2, 0.25) is 0 Å². The molecule has 0 atom stereocenters. The SMILES string of the molecule is COc1ccc(C(=O)c2ccc(OC)c(OC3CCCC3)c2)cc1. The van der Waals surface area contributed by atoms with E-state index in [0.29, 0.717) is 22.6 Å². The van der Waals surface area contributed by atoms with Crippen LogP contribution in [0.2, 0.25) is 0 Å². The first-order valence-electron chi connectivity index (χ1n) is 8.24. The van der Waals surface area contributed by atoms with Crippen LogP contribution in [-0.2, 0) is 0 Å². The molecule has 0 bridgehead atoms. The molecule has 2 aromatic carbocycles. The second-order valence-electron chi connectivity index (χ2n) is 5.95. The number of rotatable bonds is 6. The zero-order valence-corrected chi connectivity index (χ0v) is 14.1. The predicted octanol–water partition coefficient (Wildman–Crippen LogP) is 4.26. The fraction of sp³-hybridized carbons (Fsp3) is 0.350. The molecule has 0 saturated heterocycles. The summed E-state index contributed by atoms with van der Waals surface area (Å²) < 4.78 is 16.6. The zero-order valence-electron chi connectivity index (χ0n) is 14.1. The van der Waals surface area contributed by atoms with Crippen LogP contribution in [0, 0.1) is 0 Å². The summed E-state index contributed by atoms with van der Waals surface area (Å²) in [7, 11) is 3.22. The topological polar surface area (TPSA) is 44.8 Å². The number of hydrogen-bond donors (Lipinski definition) is 0. The number of methoxy groups -OCH3 is 2. The van der Waals surface area contributed by atoms with Crippen molar-refractivity contribution in [2.75, 3.05) is 14.2 Å². The molecular formula is C20H22O4. The summed E-state index contributed by atoms with van der Waals surface area (Å²) in [6.07, 6.45) is 4.71. The summed E-state index contributed by atoms with van der Waals surface area (Å²) in [5.41, 5.74) is 1.21. The van der Waals surface area contributed by atoms with Crippen LogP contribution in [0.1, 0.15) is 41.6 Å². The van der Waals surface area contributed by atoms with E-state index in [1.54, 1.807) is 56.7 Å². The molecule has 3 rings (SSSR count). The molecule has 0 radical (unpaired) electrons. The first-order valence-corrected chi connectivity index (χ1v) is 8.24. The van der Waals surface area contributed by atoms with E-state index in [1.807, 2.05) is 0 Å². The molecule has 4 heteroatoms. The van der Waals surface area contributed by atoms with Crippen LogP contribution < -0.4 is 14.2 Å². The van der Waals surface area contributed by atoms with Crippen molar-refractivity contribution in [3.63, 3.8) is 0 Å². The van der Waals surface area contributed by atoms with E-state index in [4.69, 9.17) is 14.2 Å². The largest absolute Gasteiger partial charge is 0.497 e. The van der Waals surface area contributed by atoms with E-state index in [9.17, 15) is 4.79 Å². The van der Waals surface area contributed by atoms with Crippen molar-refractivity contribution in [3.05, 3.63) is 53.6 Å². The normalized spacial score (nSPS) is 14.4. The highest BCUT2D eigenvalue weighted by Gasteiger charge is 2.20. The number of benzene rings is 2. The van der Waals surface area contributed by atoms with Crippen molar-refractivity contribution in [3.8, 4) is 17.2 Å². The van der Waals surface area contributed by atoms with Gasteiger partial charge >= 0.3 is 0 Å². The molecule has 24 heavy (non-hydrogen) atoms. The highest BCUT2D eigenvalue weighted by molar-refractivity contribution is 6.09. The molecule has 1 saturated carbocycles. The highest BCUT2D eigenvalue weighted by Crippen LogP contribution is 2.33. The number of ketones is 1. The van der Waals surface area contributed by atoms with Crippen LogP contribution in [-0.4, -0.2) is 26.1 Å². The molecule has 0 unspecified atom stereocenters. The Morgan fingerprint density at radius 3 is 2.17 bits per heavy atom. The number of ether oxygens (including phenoxy) is 3. The molecule has 0 heterocycles. The minimum atomic E-state index is -0.0448. The van der Waals surface area contributed by atoms with E-state index in [2.05, 4.69) is 0 Å². The third-order valence-electron chi connectivity index (χ3n) is 4.37. The van der Waals surface area contributed by atoms with E-state index < -0.39 is 0 Å². The van der Waals surface area contributed by atoms with Gasteiger partial charge in [-0.15, -0.1) is 0 Å². The Kier molecular flexibility index (Phi) is 5.04. The van der Waals surface area contributed by atoms with Crippen LogP contribution in [0.15, 0.2) is 42.5 Å². The van der Waals surface area contributed by atoms with Crippen molar-refractivity contribution < 1.29 is 19.0 Å². The smallest absolute Gasteiger partial charge is 0.193 e. The molecule has 4 nitrogen and oxygen atoms in total. The summed E-state index contributed by atoms with van der Waals surface area (Å²) in [5.74, 6) is 1.99. The van der Waals surface area contributed by atoms with Crippen LogP contribution in [0.4, 0.5) is 0 Å². The average molecular weight is 326 g/mol. The first-order chi connectivity index (χ1) is 11.7. The van der Waals surface area contributed by atoms with Crippen LogP contribution in [0.25, 0.3) is 0 Å². The molecule has 0 aromatic heterocycles. The second kappa shape index (κ2) is 7.39. The van der Waals surface area contributed by atoms with Gasteiger partial charge < -0.3 is 14.2 Å². The van der Waals surface area contributed by atoms with Crippen molar-refractivity contribution in [1.82, 2.24) is 0 Å². The average Bonchev–Trinajstić information content (AvgIpc) is 3.14. The van der Waals surface area contributed by atoms with Crippen molar-refractivity contribution >= 4 is 5.78 Å². The lowest BCUT2D eigenvalue weighted by Crippen LogP contribution is -2.12. The molecule has 0 amide bonds. The van der Waals surface area contributed by atoms with Gasteiger partial charge in [0.1, 0.15) is 5.75 Å². The van der Waals surface area contributed by atoms with Gasteiger partial charge in [0.25, 0.3) is 0 Å². The Morgan fingerprint density at radius 2 is 1.54 bits per heavy atom. The van der Waals surface area contributed by atoms with Gasteiger partial charge in [-0.25, -0.2) is 0 Å². The van der Waals surface area contributed by atoms with E-state index in [-0.39, 0.29) is 11.9 Å². The minimum Gasteiger partial charge on any atom is -0.497 e. The molecule has 2 aromatic rings. The lowest BCUT2D eigenvalue weighted by molar-refractivity contribution is 0.103. The maximum Gasteiger partial charge on any atom is 0.193 e. The second-order valence-corrected chi connectivity index (χ2v) is 5.95. The summed E-state index contributed by atoms with van der Waals surface area (Å²) in [4.78, 5) is 12.7. The summed E-state index contributed by atoms with van der Waals surface area (Å²) >= 11 is 0. The molecule has 1 aliphatic carbocycles. The minimum absolute atomic E-state index is 0.0448. The molecule has 0 aliphatic heterocycles. The Balaban J connectivity index is 1.84. The fourth-order valence-corrected chi connectivity index (χ4v) is 3.00. The Labute approximate surface area is 142 Å². The van der Waals surface area contributed by atoms with Gasteiger partial charge in [-0.1, -0.05) is 0 Å². The molecular weight excluding hydrogens is 304 g/mol. The third kappa shape index (κ3) is 3.53. The quantitative estimate of drug-likeness (QED) is 0.744. The number of carbonyl (C=O) groups is 1. The summed E-state index contributed by atoms with van der Waals surface area (Å²) in [6, 6.07) is 12.4. The monoisotopic (exact) mass is 326 g/mol. The van der Waals surface area contributed by atoms with Crippen molar-refractivity contribution in [2.24, 2.45) is 0 Å². The highest BCUT2D eigenvalue weighted by atomic mass is 16.5. The van der Waals surface area contributed by atoms with Gasteiger partial charge in [0.15, 0.2) is 17.3 Å². The van der Waals surface area contributed by atoms with Crippen molar-refractivity contribution in [2.45, 2.75) is 31.8 Å². The van der Waals surface area contributed by atoms with Gasteiger partial charge in [-0.2, -0.15) is 0 Å². The van der Waals surface area contributed by atoms with E-state index in [1.165, 1.54) is 12.8 Å². The van der Waals surface area contributed by atoms with Gasteiger partial charge in [-0.3, -0.25) is 4.79 Å². The third-order valence-corrected chi connectivity index (χ3v) is 4.37. The maximum absolute atomic E-state index is 12.7. The lowest BCUT2D eigenvalue weighted by Gasteiger charge is -2.16. The van der Waals surface area contributed by atoms with E-state index >= 15 is 0 Å². The zero-order chi connectivity index (χ0) is 16.9. The predicted molar refractivity (Wildman–Crippen MR) is 92.3 cm³/mol. The van der Waals surface area contributed by atoms with Crippen LogP contribution in [0.3, 0.4) is 0 Å². The Hall–Kier alpha value is -2.49. The van der Waals surface area contributed by atoms with Gasteiger partial charge in [0.05, 0.1) is 20.3 Å². The maximum atomic E-state index is 12.7. The van der Waals surface area contributed by atoms with Gasteiger partial charge in [0, 0.05) is 11.1 Å². The Bertz CT molecular complexity index is 700. The lowest BCUT2D eigenvalue weighted by atomic mass is 10.0. The van der Waals surface area contributed by atoms with Gasteiger partial charge in [-0.05, 0) is 68.1 Å². The van der Waals surface area contributed by atoms with Crippen LogP contribution >= 0.6 is 0 Å². The van der Waals surface area contributed by atoms with Crippen molar-refractivity contribution in [1.29, 1.82) is 0 Å². The first kappa shape index (κ1) is 16.4. The van der Waals surface area contributed by atoms with E-state index in [0.717, 1.165) is 18.6 Å². The molecule has 1 aliphatic rings. The summed E-state index contributed by atoms with van der Waals surface area (Å²) in [5, 5.41) is 0. The number of carbonyl (C=O) groups excluding carboxylic acids is 1. The Morgan fingerprint density at radius 1 is 0.875 bits per heavy atom. The fourth-order valence-electron chi connectivity index (χ4n) is 3.00.